The first kappa shape index (κ1) is 13.4. The molecule has 2 aromatic rings. The molecule has 19 heavy (non-hydrogen) atoms. The van der Waals surface area contributed by atoms with Gasteiger partial charge >= 0.3 is 0 Å². The van der Waals surface area contributed by atoms with Crippen LogP contribution in [0.3, 0.4) is 0 Å². The summed E-state index contributed by atoms with van der Waals surface area (Å²) in [6, 6.07) is 13.3. The largest absolute Gasteiger partial charge is 0.367 e. The number of pyridine rings is 1. The quantitative estimate of drug-likeness (QED) is 0.857. The van der Waals surface area contributed by atoms with Crippen molar-refractivity contribution in [3.05, 3.63) is 58.4 Å². The fourth-order valence-electron chi connectivity index (χ4n) is 1.90. The zero-order chi connectivity index (χ0) is 13.8. The Balaban J connectivity index is 2.21. The molecule has 1 aromatic heterocycles. The van der Waals surface area contributed by atoms with E-state index in [0.717, 1.165) is 17.1 Å². The number of rotatable bonds is 3. The van der Waals surface area contributed by atoms with Gasteiger partial charge in [-0.1, -0.05) is 17.7 Å². The van der Waals surface area contributed by atoms with Gasteiger partial charge in [0.15, 0.2) is 0 Å². The van der Waals surface area contributed by atoms with Crippen LogP contribution in [0.5, 0.6) is 0 Å². The Labute approximate surface area is 118 Å². The summed E-state index contributed by atoms with van der Waals surface area (Å²) < 4.78 is 0. The molecular weight excluding hydrogens is 258 g/mol. The number of benzene rings is 1. The van der Waals surface area contributed by atoms with Crippen molar-refractivity contribution in [2.24, 2.45) is 0 Å². The Bertz CT molecular complexity index is 632. The molecule has 1 heterocycles. The van der Waals surface area contributed by atoms with Crippen molar-refractivity contribution in [2.75, 3.05) is 11.9 Å². The summed E-state index contributed by atoms with van der Waals surface area (Å²) in [4.78, 5) is 6.48. The third-order valence-electron chi connectivity index (χ3n) is 2.83. The maximum Gasteiger partial charge on any atom is 0.0992 e. The summed E-state index contributed by atoms with van der Waals surface area (Å²) in [5, 5.41) is 9.40. The van der Waals surface area contributed by atoms with Crippen molar-refractivity contribution in [3.63, 3.8) is 0 Å². The van der Waals surface area contributed by atoms with Gasteiger partial charge in [-0.15, -0.1) is 0 Å². The molecule has 2 rings (SSSR count). The zero-order valence-corrected chi connectivity index (χ0v) is 11.6. The molecule has 0 saturated heterocycles. The number of halogens is 1. The smallest absolute Gasteiger partial charge is 0.0992 e. The van der Waals surface area contributed by atoms with Crippen LogP contribution in [-0.4, -0.2) is 12.0 Å². The molecule has 0 aliphatic carbocycles. The molecule has 0 saturated carbocycles. The van der Waals surface area contributed by atoms with Crippen LogP contribution in [0.15, 0.2) is 36.4 Å². The van der Waals surface area contributed by atoms with E-state index in [1.54, 1.807) is 12.1 Å². The lowest BCUT2D eigenvalue weighted by Gasteiger charge is -2.20. The Morgan fingerprint density at radius 3 is 2.74 bits per heavy atom. The van der Waals surface area contributed by atoms with Gasteiger partial charge in [-0.3, -0.25) is 4.98 Å². The molecule has 0 atom stereocenters. The van der Waals surface area contributed by atoms with Gasteiger partial charge in [0, 0.05) is 12.7 Å². The first-order chi connectivity index (χ1) is 9.10. The van der Waals surface area contributed by atoms with E-state index in [-0.39, 0.29) is 0 Å². The van der Waals surface area contributed by atoms with Gasteiger partial charge in [-0.2, -0.15) is 5.26 Å². The lowest BCUT2D eigenvalue weighted by Crippen LogP contribution is -2.17. The molecule has 0 N–H and O–H groups in total. The maximum absolute atomic E-state index is 8.83. The Kier molecular flexibility index (Phi) is 4.03. The average molecular weight is 272 g/mol. The third kappa shape index (κ3) is 3.24. The van der Waals surface area contributed by atoms with Crippen LogP contribution in [0.1, 0.15) is 17.0 Å². The molecule has 0 radical (unpaired) electrons. The van der Waals surface area contributed by atoms with Crippen molar-refractivity contribution < 1.29 is 0 Å². The number of anilines is 1. The Morgan fingerprint density at radius 2 is 2.11 bits per heavy atom. The average Bonchev–Trinajstić information content (AvgIpc) is 2.38. The van der Waals surface area contributed by atoms with Crippen molar-refractivity contribution in [3.8, 4) is 6.07 Å². The van der Waals surface area contributed by atoms with E-state index in [0.29, 0.717) is 17.1 Å². The van der Waals surface area contributed by atoms with Crippen molar-refractivity contribution in [1.29, 1.82) is 5.26 Å². The monoisotopic (exact) mass is 271 g/mol. The van der Waals surface area contributed by atoms with Gasteiger partial charge in [-0.25, -0.2) is 0 Å². The van der Waals surface area contributed by atoms with Gasteiger partial charge < -0.3 is 4.90 Å². The predicted octanol–water partition coefficient (Wildman–Crippen LogP) is 3.55. The minimum Gasteiger partial charge on any atom is -0.367 e. The molecule has 4 heteroatoms. The normalized spacial score (nSPS) is 10.0. The van der Waals surface area contributed by atoms with Crippen LogP contribution in [0, 0.1) is 18.3 Å². The van der Waals surface area contributed by atoms with E-state index in [2.05, 4.69) is 11.1 Å². The highest BCUT2D eigenvalue weighted by atomic mass is 35.5. The van der Waals surface area contributed by atoms with Gasteiger partial charge in [0.2, 0.25) is 0 Å². The number of aromatic nitrogens is 1. The standard InChI is InChI=1S/C15H14ClN3/c1-11-4-3-5-13(18-11)10-19(2)15-7-6-12(9-17)8-14(15)16/h3-8H,10H2,1-2H3. The van der Waals surface area contributed by atoms with Crippen LogP contribution >= 0.6 is 11.6 Å². The summed E-state index contributed by atoms with van der Waals surface area (Å²) in [5.74, 6) is 0. The van der Waals surface area contributed by atoms with E-state index in [1.165, 1.54) is 0 Å². The maximum atomic E-state index is 8.83. The van der Waals surface area contributed by atoms with Crippen molar-refractivity contribution in [2.45, 2.75) is 13.5 Å². The SMILES string of the molecule is Cc1cccc(CN(C)c2ccc(C#N)cc2Cl)n1. The summed E-state index contributed by atoms with van der Waals surface area (Å²) in [5.41, 5.74) is 3.44. The second-order valence-electron chi connectivity index (χ2n) is 4.40. The molecule has 0 unspecified atom stereocenters. The second-order valence-corrected chi connectivity index (χ2v) is 4.81. The molecule has 1 aromatic carbocycles. The summed E-state index contributed by atoms with van der Waals surface area (Å²) in [6.45, 7) is 2.64. The zero-order valence-electron chi connectivity index (χ0n) is 10.9. The molecular formula is C15H14ClN3. The molecule has 0 spiro atoms. The second kappa shape index (κ2) is 5.73. The molecule has 0 aliphatic heterocycles. The van der Waals surface area contributed by atoms with E-state index in [4.69, 9.17) is 16.9 Å². The third-order valence-corrected chi connectivity index (χ3v) is 3.14. The summed E-state index contributed by atoms with van der Waals surface area (Å²) >= 11 is 6.19. The molecule has 0 aliphatic rings. The molecule has 3 nitrogen and oxygen atoms in total. The first-order valence-electron chi connectivity index (χ1n) is 5.93. The van der Waals surface area contributed by atoms with Crippen LogP contribution in [0.4, 0.5) is 5.69 Å². The minimum absolute atomic E-state index is 0.566. The van der Waals surface area contributed by atoms with Gasteiger partial charge in [0.25, 0.3) is 0 Å². The Morgan fingerprint density at radius 1 is 1.32 bits per heavy atom. The van der Waals surface area contributed by atoms with E-state index >= 15 is 0 Å². The first-order valence-corrected chi connectivity index (χ1v) is 6.31. The number of hydrogen-bond donors (Lipinski definition) is 0. The number of aryl methyl sites for hydroxylation is 1. The van der Waals surface area contributed by atoms with Crippen LogP contribution in [-0.2, 0) is 6.54 Å². The topological polar surface area (TPSA) is 39.9 Å². The van der Waals surface area contributed by atoms with Gasteiger partial charge in [-0.05, 0) is 37.3 Å². The molecule has 96 valence electrons. The van der Waals surface area contributed by atoms with Crippen LogP contribution in [0.25, 0.3) is 0 Å². The molecule has 0 bridgehead atoms. The highest BCUT2D eigenvalue weighted by molar-refractivity contribution is 6.33. The number of nitrogens with zero attached hydrogens (tertiary/aromatic N) is 3. The predicted molar refractivity (Wildman–Crippen MR) is 77.2 cm³/mol. The minimum atomic E-state index is 0.566. The fraction of sp³-hybridized carbons (Fsp3) is 0.200. The number of hydrogen-bond acceptors (Lipinski definition) is 3. The van der Waals surface area contributed by atoms with Crippen molar-refractivity contribution >= 4 is 17.3 Å². The van der Waals surface area contributed by atoms with Gasteiger partial charge in [0.05, 0.1) is 34.6 Å². The van der Waals surface area contributed by atoms with E-state index < -0.39 is 0 Å². The van der Waals surface area contributed by atoms with E-state index in [9.17, 15) is 0 Å². The summed E-state index contributed by atoms with van der Waals surface area (Å²) in [6.07, 6.45) is 0. The van der Waals surface area contributed by atoms with E-state index in [1.807, 2.05) is 43.1 Å². The van der Waals surface area contributed by atoms with Crippen LogP contribution in [0.2, 0.25) is 5.02 Å². The van der Waals surface area contributed by atoms with Crippen LogP contribution < -0.4 is 4.90 Å². The lowest BCUT2D eigenvalue weighted by atomic mass is 10.2. The highest BCUT2D eigenvalue weighted by Gasteiger charge is 2.08. The molecule has 0 amide bonds. The lowest BCUT2D eigenvalue weighted by molar-refractivity contribution is 0.877. The highest BCUT2D eigenvalue weighted by Crippen LogP contribution is 2.26. The molecule has 0 fully saturated rings. The fourth-order valence-corrected chi connectivity index (χ4v) is 2.23. The van der Waals surface area contributed by atoms with Crippen molar-refractivity contribution in [1.82, 2.24) is 4.98 Å². The summed E-state index contributed by atoms with van der Waals surface area (Å²) in [7, 11) is 1.96. The Hall–Kier alpha value is -2.05. The number of nitriles is 1. The van der Waals surface area contributed by atoms with Gasteiger partial charge in [0.1, 0.15) is 0 Å².